The average molecular weight is 606 g/mol. The van der Waals surface area contributed by atoms with E-state index in [1.54, 1.807) is 5.48 Å². The quantitative estimate of drug-likeness (QED) is 0.0251. The predicted molar refractivity (Wildman–Crippen MR) is 171 cm³/mol. The number of hydrogen-bond acceptors (Lipinski definition) is 4. The van der Waals surface area contributed by atoms with Crippen molar-refractivity contribution < 1.29 is 28.9 Å². The lowest BCUT2D eigenvalue weighted by molar-refractivity contribution is -0.129. The minimum Gasteiger partial charge on any atom is -0.303 e. The molecular formula is C33H68NO6P. The molecule has 0 bridgehead atoms. The molecule has 0 spiro atoms. The highest BCUT2D eigenvalue weighted by molar-refractivity contribution is 7.46. The van der Waals surface area contributed by atoms with Gasteiger partial charge in [0.15, 0.2) is 0 Å². The molecule has 0 fully saturated rings. The van der Waals surface area contributed by atoms with Crippen molar-refractivity contribution in [1.82, 2.24) is 5.48 Å². The molecule has 0 atom stereocenters. The van der Waals surface area contributed by atoms with Crippen LogP contribution in [0.3, 0.4) is 0 Å². The molecule has 4 N–H and O–H groups in total. The van der Waals surface area contributed by atoms with Gasteiger partial charge in [-0.15, -0.1) is 0 Å². The Morgan fingerprint density at radius 3 is 0.878 bits per heavy atom. The van der Waals surface area contributed by atoms with Crippen molar-refractivity contribution in [2.75, 3.05) is 6.61 Å². The first kappa shape index (κ1) is 40.5. The van der Waals surface area contributed by atoms with Gasteiger partial charge in [-0.05, 0) is 12.8 Å². The molecule has 0 aliphatic heterocycles. The van der Waals surface area contributed by atoms with Crippen molar-refractivity contribution in [2.45, 2.75) is 199 Å². The van der Waals surface area contributed by atoms with Crippen LogP contribution >= 0.6 is 7.82 Å². The number of unbranched alkanes of at least 4 members (excludes halogenated alkanes) is 29. The summed E-state index contributed by atoms with van der Waals surface area (Å²) in [5.41, 5.74) is 1.69. The normalized spacial score (nSPS) is 11.8. The van der Waals surface area contributed by atoms with Gasteiger partial charge >= 0.3 is 7.82 Å². The van der Waals surface area contributed by atoms with Gasteiger partial charge in [-0.2, -0.15) is 0 Å². The summed E-state index contributed by atoms with van der Waals surface area (Å²) in [6.07, 6.45) is 39.5. The van der Waals surface area contributed by atoms with Crippen LogP contribution in [0.15, 0.2) is 0 Å². The molecular weight excluding hydrogens is 537 g/mol. The molecule has 7 nitrogen and oxygen atoms in total. The van der Waals surface area contributed by atoms with Crippen LogP contribution in [-0.2, 0) is 13.9 Å². The van der Waals surface area contributed by atoms with E-state index in [1.807, 2.05) is 0 Å². The summed E-state index contributed by atoms with van der Waals surface area (Å²) >= 11 is 0. The summed E-state index contributed by atoms with van der Waals surface area (Å²) in [4.78, 5) is 28.2. The number of rotatable bonds is 34. The zero-order chi connectivity index (χ0) is 30.1. The highest BCUT2D eigenvalue weighted by atomic mass is 31.2. The Morgan fingerprint density at radius 1 is 0.439 bits per heavy atom. The minimum atomic E-state index is -4.28. The van der Waals surface area contributed by atoms with Crippen LogP contribution in [0.5, 0.6) is 0 Å². The average Bonchev–Trinajstić information content (AvgIpc) is 2.94. The van der Waals surface area contributed by atoms with Crippen LogP contribution in [0.1, 0.15) is 199 Å². The van der Waals surface area contributed by atoms with Gasteiger partial charge in [-0.25, -0.2) is 10.0 Å². The maximum Gasteiger partial charge on any atom is 0.469 e. The van der Waals surface area contributed by atoms with Crippen LogP contribution in [-0.4, -0.2) is 27.5 Å². The number of carbonyl (C=O) groups is 1. The van der Waals surface area contributed by atoms with E-state index in [2.05, 4.69) is 4.52 Å². The molecule has 246 valence electrons. The third-order valence-electron chi connectivity index (χ3n) is 8.18. The Balaban J connectivity index is 3.07. The van der Waals surface area contributed by atoms with Crippen LogP contribution in [0.25, 0.3) is 0 Å². The summed E-state index contributed by atoms with van der Waals surface area (Å²) in [6, 6.07) is 0. The van der Waals surface area contributed by atoms with E-state index in [0.29, 0.717) is 6.42 Å². The summed E-state index contributed by atoms with van der Waals surface area (Å²) in [5, 5.41) is 8.45. The van der Waals surface area contributed by atoms with Gasteiger partial charge in [0.05, 0.1) is 6.61 Å². The molecule has 0 aromatic carbocycles. The summed E-state index contributed by atoms with van der Waals surface area (Å²) in [6.45, 7) is 0.161. The Labute approximate surface area is 253 Å². The molecule has 0 heterocycles. The second-order valence-corrected chi connectivity index (χ2v) is 13.5. The van der Waals surface area contributed by atoms with Gasteiger partial charge in [0.2, 0.25) is 5.91 Å². The van der Waals surface area contributed by atoms with Gasteiger partial charge in [0, 0.05) is 6.42 Å². The van der Waals surface area contributed by atoms with E-state index < -0.39 is 7.82 Å². The highest BCUT2D eigenvalue weighted by Gasteiger charge is 2.12. The Morgan fingerprint density at radius 2 is 0.659 bits per heavy atom. The number of amides is 1. The molecule has 0 radical (unpaired) electrons. The summed E-state index contributed by atoms with van der Waals surface area (Å²) < 4.78 is 15.0. The molecule has 0 aromatic rings. The van der Waals surface area contributed by atoms with Gasteiger partial charge in [-0.3, -0.25) is 14.5 Å². The number of nitrogens with one attached hydrogen (secondary N) is 1. The first-order valence-electron chi connectivity index (χ1n) is 17.6. The Kier molecular flexibility index (Phi) is 32.1. The first-order valence-corrected chi connectivity index (χ1v) is 19.1. The SMILES string of the molecule is O=C(CCCCCCCCCCCCCCCCCCCCCCCCCCCCCCCCOP(=O)(O)O)NO. The van der Waals surface area contributed by atoms with Crippen molar-refractivity contribution in [3.05, 3.63) is 0 Å². The van der Waals surface area contributed by atoms with Crippen molar-refractivity contribution in [2.24, 2.45) is 0 Å². The van der Waals surface area contributed by atoms with E-state index >= 15 is 0 Å². The third kappa shape index (κ3) is 37.5. The second kappa shape index (κ2) is 32.5. The van der Waals surface area contributed by atoms with E-state index in [4.69, 9.17) is 15.0 Å². The van der Waals surface area contributed by atoms with Crippen LogP contribution < -0.4 is 5.48 Å². The van der Waals surface area contributed by atoms with Crippen molar-refractivity contribution >= 4 is 13.7 Å². The lowest BCUT2D eigenvalue weighted by atomic mass is 10.0. The fraction of sp³-hybridized carbons (Fsp3) is 0.970. The van der Waals surface area contributed by atoms with Gasteiger partial charge in [0.25, 0.3) is 0 Å². The lowest BCUT2D eigenvalue weighted by Gasteiger charge is -2.05. The van der Waals surface area contributed by atoms with Gasteiger partial charge in [-0.1, -0.05) is 180 Å². The molecule has 41 heavy (non-hydrogen) atoms. The molecule has 0 saturated heterocycles. The van der Waals surface area contributed by atoms with Crippen LogP contribution in [0.2, 0.25) is 0 Å². The fourth-order valence-corrected chi connectivity index (χ4v) is 5.94. The monoisotopic (exact) mass is 605 g/mol. The van der Waals surface area contributed by atoms with Crippen molar-refractivity contribution in [1.29, 1.82) is 0 Å². The molecule has 0 aliphatic rings. The lowest BCUT2D eigenvalue weighted by Crippen LogP contribution is -2.17. The Hall–Kier alpha value is -0.460. The van der Waals surface area contributed by atoms with Crippen molar-refractivity contribution in [3.8, 4) is 0 Å². The van der Waals surface area contributed by atoms with E-state index in [9.17, 15) is 9.36 Å². The van der Waals surface area contributed by atoms with E-state index in [1.165, 1.54) is 161 Å². The zero-order valence-corrected chi connectivity index (χ0v) is 27.5. The zero-order valence-electron chi connectivity index (χ0n) is 26.6. The second-order valence-electron chi connectivity index (χ2n) is 12.2. The molecule has 0 rings (SSSR count). The number of phosphoric ester groups is 1. The predicted octanol–water partition coefficient (Wildman–Crippen LogP) is 10.7. The molecule has 0 saturated carbocycles. The van der Waals surface area contributed by atoms with Gasteiger partial charge < -0.3 is 9.79 Å². The molecule has 0 aromatic heterocycles. The number of phosphoric acid groups is 1. The highest BCUT2D eigenvalue weighted by Crippen LogP contribution is 2.35. The number of hydrogen-bond donors (Lipinski definition) is 4. The summed E-state index contributed by atoms with van der Waals surface area (Å²) in [7, 11) is -4.28. The third-order valence-corrected chi connectivity index (χ3v) is 8.70. The van der Waals surface area contributed by atoms with E-state index in [0.717, 1.165) is 32.1 Å². The summed E-state index contributed by atoms with van der Waals surface area (Å²) in [5.74, 6) is -0.266. The maximum absolute atomic E-state index is 10.9. The smallest absolute Gasteiger partial charge is 0.303 e. The molecule has 0 aliphatic carbocycles. The first-order chi connectivity index (χ1) is 20.0. The van der Waals surface area contributed by atoms with Crippen LogP contribution in [0.4, 0.5) is 0 Å². The molecule has 8 heteroatoms. The van der Waals surface area contributed by atoms with Crippen LogP contribution in [0, 0.1) is 0 Å². The number of hydroxylamine groups is 1. The Bertz CT molecular complexity index is 586. The van der Waals surface area contributed by atoms with Crippen molar-refractivity contribution in [3.63, 3.8) is 0 Å². The minimum absolute atomic E-state index is 0.161. The maximum atomic E-state index is 10.9. The molecule has 1 amide bonds. The molecule has 0 unspecified atom stereocenters. The largest absolute Gasteiger partial charge is 0.469 e. The fourth-order valence-electron chi connectivity index (χ4n) is 5.58. The standard InChI is InChI=1S/C33H68NO6P/c35-33(34-36)31-29-27-25-23-21-19-17-15-13-11-9-7-5-3-1-2-4-6-8-10-12-14-16-18-20-22-24-26-28-30-32-40-41(37,38)39/h36H,1-32H2,(H,34,35)(H2,37,38,39). The van der Waals surface area contributed by atoms with Gasteiger partial charge in [0.1, 0.15) is 0 Å². The van der Waals surface area contributed by atoms with E-state index in [-0.39, 0.29) is 12.5 Å². The topological polar surface area (TPSA) is 116 Å². The number of carbonyl (C=O) groups excluding carboxylic acids is 1.